The van der Waals surface area contributed by atoms with E-state index in [1.165, 1.54) is 5.56 Å². The van der Waals surface area contributed by atoms with Crippen LogP contribution >= 0.6 is 15.9 Å². The first-order valence-corrected chi connectivity index (χ1v) is 5.38. The molecule has 2 N–H and O–H groups in total. The molecule has 3 heteroatoms. The number of rotatable bonds is 4. The number of nitrogens with two attached hydrogens (primary N) is 1. The Balaban J connectivity index is 2.77. The SMILES string of the molecule is COC(C)(CN)Cc1cccc(Br)c1. The van der Waals surface area contributed by atoms with Gasteiger partial charge in [0.05, 0.1) is 5.60 Å². The van der Waals surface area contributed by atoms with Crippen LogP contribution in [0.5, 0.6) is 0 Å². The highest BCUT2D eigenvalue weighted by molar-refractivity contribution is 9.10. The summed E-state index contributed by atoms with van der Waals surface area (Å²) in [6.45, 7) is 2.55. The Morgan fingerprint density at radius 3 is 2.71 bits per heavy atom. The molecule has 1 aromatic carbocycles. The molecule has 0 aliphatic heterocycles. The van der Waals surface area contributed by atoms with Crippen LogP contribution in [-0.2, 0) is 11.2 Å². The van der Waals surface area contributed by atoms with Gasteiger partial charge < -0.3 is 10.5 Å². The van der Waals surface area contributed by atoms with Crippen molar-refractivity contribution < 1.29 is 4.74 Å². The van der Waals surface area contributed by atoms with E-state index in [2.05, 4.69) is 28.1 Å². The molecule has 1 unspecified atom stereocenters. The molecule has 2 nitrogen and oxygen atoms in total. The molecule has 1 rings (SSSR count). The lowest BCUT2D eigenvalue weighted by atomic mass is 9.96. The van der Waals surface area contributed by atoms with Crippen molar-refractivity contribution in [3.05, 3.63) is 34.3 Å². The summed E-state index contributed by atoms with van der Waals surface area (Å²) >= 11 is 3.44. The minimum atomic E-state index is -0.263. The van der Waals surface area contributed by atoms with Gasteiger partial charge in [0.1, 0.15) is 0 Å². The molecule has 0 heterocycles. The van der Waals surface area contributed by atoms with Gasteiger partial charge in [-0.05, 0) is 24.6 Å². The van der Waals surface area contributed by atoms with Gasteiger partial charge in [0, 0.05) is 24.5 Å². The number of hydrogen-bond donors (Lipinski definition) is 1. The van der Waals surface area contributed by atoms with Crippen LogP contribution in [0, 0.1) is 0 Å². The van der Waals surface area contributed by atoms with Crippen LogP contribution in [0.1, 0.15) is 12.5 Å². The van der Waals surface area contributed by atoms with Gasteiger partial charge in [-0.25, -0.2) is 0 Å². The summed E-state index contributed by atoms with van der Waals surface area (Å²) in [6.07, 6.45) is 0.833. The van der Waals surface area contributed by atoms with Crippen LogP contribution in [0.15, 0.2) is 28.7 Å². The summed E-state index contributed by atoms with van der Waals surface area (Å²) in [5, 5.41) is 0. The zero-order valence-corrected chi connectivity index (χ0v) is 10.2. The fourth-order valence-electron chi connectivity index (χ4n) is 1.31. The molecule has 14 heavy (non-hydrogen) atoms. The Hall–Kier alpha value is -0.380. The molecule has 0 radical (unpaired) electrons. The van der Waals surface area contributed by atoms with Gasteiger partial charge in [0.2, 0.25) is 0 Å². The van der Waals surface area contributed by atoms with Gasteiger partial charge in [0.25, 0.3) is 0 Å². The summed E-state index contributed by atoms with van der Waals surface area (Å²) < 4.78 is 6.48. The number of halogens is 1. The molecule has 0 saturated carbocycles. The monoisotopic (exact) mass is 257 g/mol. The number of ether oxygens (including phenoxy) is 1. The summed E-state index contributed by atoms with van der Waals surface area (Å²) in [6, 6.07) is 8.20. The summed E-state index contributed by atoms with van der Waals surface area (Å²) in [5.41, 5.74) is 6.63. The fraction of sp³-hybridized carbons (Fsp3) is 0.455. The van der Waals surface area contributed by atoms with E-state index >= 15 is 0 Å². The molecule has 0 fully saturated rings. The third-order valence-electron chi connectivity index (χ3n) is 2.39. The number of benzene rings is 1. The predicted octanol–water partition coefficient (Wildman–Crippen LogP) is 2.36. The Labute approximate surface area is 93.6 Å². The van der Waals surface area contributed by atoms with E-state index < -0.39 is 0 Å². The molecule has 78 valence electrons. The molecule has 0 aliphatic carbocycles. The van der Waals surface area contributed by atoms with Crippen LogP contribution in [0.25, 0.3) is 0 Å². The first kappa shape index (κ1) is 11.7. The molecular weight excluding hydrogens is 242 g/mol. The average molecular weight is 258 g/mol. The van der Waals surface area contributed by atoms with Crippen molar-refractivity contribution in [2.45, 2.75) is 18.9 Å². The lowest BCUT2D eigenvalue weighted by molar-refractivity contribution is 0.0143. The van der Waals surface area contributed by atoms with Crippen LogP contribution in [0.4, 0.5) is 0 Å². The predicted molar refractivity (Wildman–Crippen MR) is 62.3 cm³/mol. The van der Waals surface area contributed by atoms with E-state index in [0.717, 1.165) is 10.9 Å². The molecule has 1 atom stereocenters. The van der Waals surface area contributed by atoms with E-state index in [1.807, 2.05) is 19.1 Å². The molecule has 0 aromatic heterocycles. The maximum atomic E-state index is 5.67. The van der Waals surface area contributed by atoms with E-state index in [4.69, 9.17) is 10.5 Å². The van der Waals surface area contributed by atoms with Gasteiger partial charge in [-0.15, -0.1) is 0 Å². The Morgan fingerprint density at radius 2 is 2.21 bits per heavy atom. The Bertz CT molecular complexity index is 297. The second-order valence-corrected chi connectivity index (χ2v) is 4.58. The molecule has 0 spiro atoms. The van der Waals surface area contributed by atoms with Gasteiger partial charge in [-0.1, -0.05) is 28.1 Å². The van der Waals surface area contributed by atoms with Crippen molar-refractivity contribution in [1.82, 2.24) is 0 Å². The second-order valence-electron chi connectivity index (χ2n) is 3.66. The average Bonchev–Trinajstić information content (AvgIpc) is 2.18. The lowest BCUT2D eigenvalue weighted by Gasteiger charge is -2.26. The lowest BCUT2D eigenvalue weighted by Crippen LogP contribution is -2.38. The fourth-order valence-corrected chi connectivity index (χ4v) is 1.75. The minimum Gasteiger partial charge on any atom is -0.377 e. The molecule has 0 bridgehead atoms. The summed E-state index contributed by atoms with van der Waals surface area (Å²) in [4.78, 5) is 0. The van der Waals surface area contributed by atoms with Gasteiger partial charge in [-0.2, -0.15) is 0 Å². The van der Waals surface area contributed by atoms with E-state index in [-0.39, 0.29) is 5.60 Å². The van der Waals surface area contributed by atoms with Crippen molar-refractivity contribution in [2.24, 2.45) is 5.73 Å². The molecule has 0 amide bonds. The molecule has 1 aromatic rings. The van der Waals surface area contributed by atoms with Gasteiger partial charge >= 0.3 is 0 Å². The molecular formula is C11H16BrNO. The first-order valence-electron chi connectivity index (χ1n) is 4.59. The van der Waals surface area contributed by atoms with Crippen molar-refractivity contribution in [1.29, 1.82) is 0 Å². The molecule has 0 saturated heterocycles. The van der Waals surface area contributed by atoms with Crippen molar-refractivity contribution >= 4 is 15.9 Å². The highest BCUT2D eigenvalue weighted by Gasteiger charge is 2.21. The quantitative estimate of drug-likeness (QED) is 0.899. The third-order valence-corrected chi connectivity index (χ3v) is 2.88. The zero-order valence-electron chi connectivity index (χ0n) is 8.59. The van der Waals surface area contributed by atoms with E-state index in [1.54, 1.807) is 7.11 Å². The largest absolute Gasteiger partial charge is 0.377 e. The standard InChI is InChI=1S/C11H16BrNO/c1-11(8-13,14-2)7-9-4-3-5-10(12)6-9/h3-6H,7-8,13H2,1-2H3. The molecule has 0 aliphatic rings. The van der Waals surface area contributed by atoms with Crippen LogP contribution in [0.2, 0.25) is 0 Å². The Kier molecular flexibility index (Phi) is 4.11. The first-order chi connectivity index (χ1) is 6.59. The van der Waals surface area contributed by atoms with E-state index in [0.29, 0.717) is 6.54 Å². The summed E-state index contributed by atoms with van der Waals surface area (Å²) in [5.74, 6) is 0. The highest BCUT2D eigenvalue weighted by atomic mass is 79.9. The smallest absolute Gasteiger partial charge is 0.0812 e. The van der Waals surface area contributed by atoms with Crippen LogP contribution < -0.4 is 5.73 Å². The normalized spacial score (nSPS) is 15.1. The summed E-state index contributed by atoms with van der Waals surface area (Å²) in [7, 11) is 1.70. The zero-order chi connectivity index (χ0) is 10.6. The maximum absolute atomic E-state index is 5.67. The Morgan fingerprint density at radius 1 is 1.50 bits per heavy atom. The number of hydrogen-bond acceptors (Lipinski definition) is 2. The highest BCUT2D eigenvalue weighted by Crippen LogP contribution is 2.18. The van der Waals surface area contributed by atoms with Gasteiger partial charge in [-0.3, -0.25) is 0 Å². The maximum Gasteiger partial charge on any atom is 0.0812 e. The third kappa shape index (κ3) is 3.08. The van der Waals surface area contributed by atoms with Crippen LogP contribution in [-0.4, -0.2) is 19.3 Å². The number of methoxy groups -OCH3 is 1. The van der Waals surface area contributed by atoms with Crippen molar-refractivity contribution in [3.63, 3.8) is 0 Å². The van der Waals surface area contributed by atoms with Gasteiger partial charge in [0.15, 0.2) is 0 Å². The second kappa shape index (κ2) is 4.91. The van der Waals surface area contributed by atoms with E-state index in [9.17, 15) is 0 Å². The minimum absolute atomic E-state index is 0.263. The van der Waals surface area contributed by atoms with Crippen molar-refractivity contribution in [3.8, 4) is 0 Å². The topological polar surface area (TPSA) is 35.2 Å². The van der Waals surface area contributed by atoms with Crippen molar-refractivity contribution in [2.75, 3.05) is 13.7 Å². The van der Waals surface area contributed by atoms with Crippen LogP contribution in [0.3, 0.4) is 0 Å².